The lowest BCUT2D eigenvalue weighted by atomic mass is 9.98. The van der Waals surface area contributed by atoms with Crippen molar-refractivity contribution in [3.8, 4) is 5.69 Å². The molecular weight excluding hydrogens is 405 g/mol. The molecule has 1 atom stereocenters. The molecule has 1 unspecified atom stereocenters. The normalized spacial score (nSPS) is 14.5. The lowest BCUT2D eigenvalue weighted by Crippen LogP contribution is -2.28. The van der Waals surface area contributed by atoms with E-state index in [0.717, 1.165) is 29.9 Å². The van der Waals surface area contributed by atoms with Gasteiger partial charge in [-0.15, -0.1) is 0 Å². The number of nitrogens with zero attached hydrogens (tertiary/aromatic N) is 2. The zero-order valence-electron chi connectivity index (χ0n) is 16.6. The number of rotatable bonds is 7. The number of aliphatic hydroxyl groups is 1. The molecule has 2 N–H and O–H groups in total. The number of aliphatic hydroxyl groups excluding tert-OH is 1. The number of benzene rings is 2. The van der Waals surface area contributed by atoms with Crippen molar-refractivity contribution in [3.63, 3.8) is 0 Å². The van der Waals surface area contributed by atoms with Crippen LogP contribution in [0.15, 0.2) is 48.5 Å². The summed E-state index contributed by atoms with van der Waals surface area (Å²) in [4.78, 5) is 12.7. The topological polar surface area (TPSA) is 67.2 Å². The molecule has 0 bridgehead atoms. The monoisotopic (exact) mass is 427 g/mol. The maximum absolute atomic E-state index is 14.0. The fourth-order valence-corrected chi connectivity index (χ4v) is 3.60. The zero-order chi connectivity index (χ0) is 21.3. The highest BCUT2D eigenvalue weighted by Gasteiger charge is 2.28. The molecule has 0 radical (unpaired) electrons. The molecule has 1 aliphatic rings. The number of carbonyl (C=O) groups excluding carboxylic acids is 1. The average Bonchev–Trinajstić information content (AvgIpc) is 3.51. The van der Waals surface area contributed by atoms with E-state index in [0.29, 0.717) is 23.0 Å². The zero-order valence-corrected chi connectivity index (χ0v) is 17.4. The lowest BCUT2D eigenvalue weighted by Gasteiger charge is -2.14. The first kappa shape index (κ1) is 20.6. The van der Waals surface area contributed by atoms with Gasteiger partial charge in [-0.2, -0.15) is 5.10 Å². The van der Waals surface area contributed by atoms with Gasteiger partial charge in [-0.3, -0.25) is 4.79 Å². The van der Waals surface area contributed by atoms with E-state index in [2.05, 4.69) is 5.32 Å². The Hall–Kier alpha value is -2.70. The standard InChI is InChI=1S/C23H23ClFN3O2/c1-14(16-7-8-17(13-29)21(25)9-16)23(30)26-12-20-11-22(15-5-6-15)27-28(20)19-4-2-3-18(24)10-19/h2-4,7-11,14-15,29H,5-6,12-13H2,1H3,(H,26,30). The molecule has 5 nitrogen and oxygen atoms in total. The molecule has 2 aromatic carbocycles. The Kier molecular flexibility index (Phi) is 5.88. The fourth-order valence-electron chi connectivity index (χ4n) is 3.42. The van der Waals surface area contributed by atoms with E-state index in [1.807, 2.05) is 28.9 Å². The first-order chi connectivity index (χ1) is 14.5. The van der Waals surface area contributed by atoms with E-state index in [-0.39, 0.29) is 18.1 Å². The highest BCUT2D eigenvalue weighted by atomic mass is 35.5. The summed E-state index contributed by atoms with van der Waals surface area (Å²) >= 11 is 6.14. The molecule has 0 aliphatic heterocycles. The van der Waals surface area contributed by atoms with E-state index in [1.54, 1.807) is 19.1 Å². The molecule has 30 heavy (non-hydrogen) atoms. The number of hydrogen-bond acceptors (Lipinski definition) is 3. The molecule has 3 aromatic rings. The van der Waals surface area contributed by atoms with Crippen LogP contribution in [0.25, 0.3) is 5.69 Å². The minimum absolute atomic E-state index is 0.210. The van der Waals surface area contributed by atoms with Crippen LogP contribution in [0.2, 0.25) is 5.02 Å². The number of halogens is 2. The van der Waals surface area contributed by atoms with Crippen molar-refractivity contribution in [2.75, 3.05) is 0 Å². The Labute approximate surface area is 179 Å². The molecule has 4 rings (SSSR count). The third-order valence-corrected chi connectivity index (χ3v) is 5.67. The molecule has 1 aromatic heterocycles. The first-order valence-corrected chi connectivity index (χ1v) is 10.4. The van der Waals surface area contributed by atoms with Crippen LogP contribution in [0.1, 0.15) is 54.1 Å². The molecule has 0 spiro atoms. The average molecular weight is 428 g/mol. The van der Waals surface area contributed by atoms with E-state index in [4.69, 9.17) is 21.8 Å². The van der Waals surface area contributed by atoms with Crippen LogP contribution in [0.4, 0.5) is 4.39 Å². The third-order valence-electron chi connectivity index (χ3n) is 5.43. The van der Waals surface area contributed by atoms with E-state index in [1.165, 1.54) is 12.1 Å². The number of carbonyl (C=O) groups is 1. The maximum atomic E-state index is 14.0. The molecule has 1 saturated carbocycles. The van der Waals surface area contributed by atoms with Crippen LogP contribution < -0.4 is 5.32 Å². The van der Waals surface area contributed by atoms with Crippen molar-refractivity contribution in [1.29, 1.82) is 0 Å². The number of nitrogens with one attached hydrogen (secondary N) is 1. The van der Waals surface area contributed by atoms with Crippen molar-refractivity contribution in [1.82, 2.24) is 15.1 Å². The Balaban J connectivity index is 1.51. The van der Waals surface area contributed by atoms with Gasteiger partial charge in [0.15, 0.2) is 0 Å². The summed E-state index contributed by atoms with van der Waals surface area (Å²) in [5.74, 6) is -0.773. The second kappa shape index (κ2) is 8.58. The van der Waals surface area contributed by atoms with Gasteiger partial charge in [0.25, 0.3) is 0 Å². The SMILES string of the molecule is CC(C(=O)NCc1cc(C2CC2)nn1-c1cccc(Cl)c1)c1ccc(CO)c(F)c1. The Bertz CT molecular complexity index is 1080. The second-order valence-corrected chi connectivity index (χ2v) is 8.11. The number of amides is 1. The summed E-state index contributed by atoms with van der Waals surface area (Å²) in [6, 6.07) is 13.9. The summed E-state index contributed by atoms with van der Waals surface area (Å²) in [7, 11) is 0. The van der Waals surface area contributed by atoms with Crippen LogP contribution in [0.5, 0.6) is 0 Å². The van der Waals surface area contributed by atoms with Gasteiger partial charge in [-0.25, -0.2) is 9.07 Å². The third kappa shape index (κ3) is 4.40. The van der Waals surface area contributed by atoms with Crippen molar-refractivity contribution in [2.45, 2.75) is 44.8 Å². The minimum Gasteiger partial charge on any atom is -0.392 e. The highest BCUT2D eigenvalue weighted by molar-refractivity contribution is 6.30. The van der Waals surface area contributed by atoms with Gasteiger partial charge in [0, 0.05) is 16.5 Å². The van der Waals surface area contributed by atoms with Crippen LogP contribution in [-0.4, -0.2) is 20.8 Å². The van der Waals surface area contributed by atoms with Crippen molar-refractivity contribution >= 4 is 17.5 Å². The van der Waals surface area contributed by atoms with Gasteiger partial charge in [0.2, 0.25) is 5.91 Å². The molecular formula is C23H23ClFN3O2. The molecule has 1 aliphatic carbocycles. The molecule has 1 amide bonds. The van der Waals surface area contributed by atoms with E-state index < -0.39 is 11.7 Å². The molecule has 0 saturated heterocycles. The van der Waals surface area contributed by atoms with Crippen molar-refractivity contribution < 1.29 is 14.3 Å². The predicted molar refractivity (Wildman–Crippen MR) is 113 cm³/mol. The molecule has 1 fully saturated rings. The first-order valence-electron chi connectivity index (χ1n) is 9.98. The van der Waals surface area contributed by atoms with Gasteiger partial charge in [-0.05, 0) is 55.7 Å². The summed E-state index contributed by atoms with van der Waals surface area (Å²) in [5.41, 5.74) is 3.50. The summed E-state index contributed by atoms with van der Waals surface area (Å²) < 4.78 is 15.8. The molecule has 1 heterocycles. The van der Waals surface area contributed by atoms with Crippen LogP contribution in [0.3, 0.4) is 0 Å². The summed E-state index contributed by atoms with van der Waals surface area (Å²) in [5, 5.41) is 17.4. The predicted octanol–water partition coefficient (Wildman–Crippen LogP) is 4.45. The van der Waals surface area contributed by atoms with Crippen molar-refractivity contribution in [3.05, 3.63) is 81.9 Å². The van der Waals surface area contributed by atoms with Crippen LogP contribution >= 0.6 is 11.6 Å². The van der Waals surface area contributed by atoms with Gasteiger partial charge >= 0.3 is 0 Å². The summed E-state index contributed by atoms with van der Waals surface area (Å²) in [6.45, 7) is 1.66. The van der Waals surface area contributed by atoms with Gasteiger partial charge in [0.1, 0.15) is 5.82 Å². The Morgan fingerprint density at radius 3 is 2.77 bits per heavy atom. The van der Waals surface area contributed by atoms with Gasteiger partial charge in [0.05, 0.1) is 36.1 Å². The molecule has 156 valence electrons. The maximum Gasteiger partial charge on any atom is 0.227 e. The van der Waals surface area contributed by atoms with Crippen molar-refractivity contribution in [2.24, 2.45) is 0 Å². The Morgan fingerprint density at radius 1 is 1.30 bits per heavy atom. The highest BCUT2D eigenvalue weighted by Crippen LogP contribution is 2.39. The fraction of sp³-hybridized carbons (Fsp3) is 0.304. The minimum atomic E-state index is -0.530. The summed E-state index contributed by atoms with van der Waals surface area (Å²) in [6.07, 6.45) is 2.26. The van der Waals surface area contributed by atoms with Crippen LogP contribution in [-0.2, 0) is 17.9 Å². The van der Waals surface area contributed by atoms with E-state index in [9.17, 15) is 9.18 Å². The molecule has 7 heteroatoms. The Morgan fingerprint density at radius 2 is 2.10 bits per heavy atom. The van der Waals surface area contributed by atoms with Crippen LogP contribution in [0, 0.1) is 5.82 Å². The van der Waals surface area contributed by atoms with E-state index >= 15 is 0 Å². The quantitative estimate of drug-likeness (QED) is 0.585. The lowest BCUT2D eigenvalue weighted by molar-refractivity contribution is -0.122. The van der Waals surface area contributed by atoms with Gasteiger partial charge < -0.3 is 10.4 Å². The second-order valence-electron chi connectivity index (χ2n) is 7.67. The largest absolute Gasteiger partial charge is 0.392 e. The number of hydrogen-bond donors (Lipinski definition) is 2. The number of aromatic nitrogens is 2. The van der Waals surface area contributed by atoms with Gasteiger partial charge in [-0.1, -0.05) is 29.8 Å². The smallest absolute Gasteiger partial charge is 0.227 e.